The maximum absolute atomic E-state index is 14.5. The number of urea groups is 1. The summed E-state index contributed by atoms with van der Waals surface area (Å²) in [4.78, 5) is 30.2. The number of amides is 3. The van der Waals surface area contributed by atoms with Gasteiger partial charge >= 0.3 is 12.2 Å². The third-order valence-corrected chi connectivity index (χ3v) is 7.69. The number of benzene rings is 2. The molecule has 2 heterocycles. The zero-order valence-electron chi connectivity index (χ0n) is 21.9. The largest absolute Gasteiger partial charge is 0.416 e. The lowest BCUT2D eigenvalue weighted by molar-refractivity contribution is -0.142. The maximum atomic E-state index is 14.5. The molecule has 0 aromatic heterocycles. The molecule has 1 fully saturated rings. The minimum atomic E-state index is -4.89. The summed E-state index contributed by atoms with van der Waals surface area (Å²) in [5.41, 5.74) is -4.46. The molecular formula is C28H30ClF3N4O3. The van der Waals surface area contributed by atoms with Gasteiger partial charge in [-0.1, -0.05) is 55.5 Å². The normalized spacial score (nSPS) is 20.8. The molecule has 2 N–H and O–H groups in total. The van der Waals surface area contributed by atoms with E-state index in [1.54, 1.807) is 13.1 Å². The van der Waals surface area contributed by atoms with E-state index in [0.717, 1.165) is 6.07 Å². The van der Waals surface area contributed by atoms with E-state index in [0.29, 0.717) is 26.2 Å². The first kappa shape index (κ1) is 28.7. The van der Waals surface area contributed by atoms with E-state index in [1.807, 2.05) is 18.7 Å². The van der Waals surface area contributed by atoms with Crippen molar-refractivity contribution in [2.75, 3.05) is 44.7 Å². The van der Waals surface area contributed by atoms with Crippen LogP contribution in [-0.4, -0.2) is 72.7 Å². The van der Waals surface area contributed by atoms with Gasteiger partial charge in [-0.2, -0.15) is 13.2 Å². The fourth-order valence-corrected chi connectivity index (χ4v) is 5.32. The van der Waals surface area contributed by atoms with Crippen LogP contribution >= 0.6 is 11.6 Å². The molecular weight excluding hydrogens is 533 g/mol. The summed E-state index contributed by atoms with van der Waals surface area (Å²) in [6, 6.07) is 7.69. The van der Waals surface area contributed by atoms with Crippen molar-refractivity contribution in [1.29, 1.82) is 0 Å². The number of aliphatic hydroxyl groups is 1. The van der Waals surface area contributed by atoms with E-state index in [2.05, 4.69) is 17.2 Å². The van der Waals surface area contributed by atoms with Crippen LogP contribution in [0.5, 0.6) is 0 Å². The van der Waals surface area contributed by atoms with Crippen LogP contribution in [0.15, 0.2) is 36.4 Å². The molecule has 208 valence electrons. The first-order valence-electron chi connectivity index (χ1n) is 12.7. The highest BCUT2D eigenvalue weighted by atomic mass is 35.5. The lowest BCUT2D eigenvalue weighted by Crippen LogP contribution is -2.44. The lowest BCUT2D eigenvalue weighted by Gasteiger charge is -2.27. The molecule has 11 heteroatoms. The van der Waals surface area contributed by atoms with E-state index in [9.17, 15) is 27.9 Å². The Bertz CT molecular complexity index is 1340. The van der Waals surface area contributed by atoms with Crippen molar-refractivity contribution in [3.05, 3.63) is 63.7 Å². The molecule has 0 aliphatic carbocycles. The maximum Gasteiger partial charge on any atom is 0.416 e. The van der Waals surface area contributed by atoms with Gasteiger partial charge in [0.25, 0.3) is 5.91 Å². The zero-order valence-corrected chi connectivity index (χ0v) is 22.7. The monoisotopic (exact) mass is 562 g/mol. The van der Waals surface area contributed by atoms with Crippen LogP contribution in [0.4, 0.5) is 23.7 Å². The van der Waals surface area contributed by atoms with Gasteiger partial charge in [0.15, 0.2) is 5.60 Å². The number of carbonyl (C=O) groups is 2. The van der Waals surface area contributed by atoms with Gasteiger partial charge in [0.2, 0.25) is 0 Å². The topological polar surface area (TPSA) is 76.1 Å². The molecule has 0 saturated carbocycles. The second-order valence-electron chi connectivity index (χ2n) is 9.55. The molecule has 2 unspecified atom stereocenters. The number of anilines is 1. The highest BCUT2D eigenvalue weighted by Gasteiger charge is 2.56. The molecule has 0 radical (unpaired) electrons. The fraction of sp³-hybridized carbons (Fsp3) is 0.429. The Morgan fingerprint density at radius 1 is 1.21 bits per heavy atom. The molecule has 0 bridgehead atoms. The van der Waals surface area contributed by atoms with Crippen molar-refractivity contribution in [2.24, 2.45) is 0 Å². The number of halogens is 4. The standard InChI is InChI=1S/C28H30ClF3N4O3/c1-4-35(5-2)13-14-36-23-16-18(9-8-10-19-17-33-26(38)34(19)3)15-21(28(30,31)32)24(23)27(39,25(36)37)20-11-6-7-12-22(20)29/h6-7,11-12,15-16,19,39H,4-5,10,13-14,17H2,1-3H3,(H,33,38). The first-order chi connectivity index (χ1) is 18.4. The number of alkyl halides is 3. The quantitative estimate of drug-likeness (QED) is 0.499. The van der Waals surface area contributed by atoms with Crippen LogP contribution in [0.25, 0.3) is 0 Å². The third-order valence-electron chi connectivity index (χ3n) is 7.36. The van der Waals surface area contributed by atoms with Gasteiger partial charge in [-0.25, -0.2) is 4.79 Å². The van der Waals surface area contributed by atoms with Crippen molar-refractivity contribution in [3.63, 3.8) is 0 Å². The van der Waals surface area contributed by atoms with Gasteiger partial charge in [-0.05, 0) is 31.3 Å². The van der Waals surface area contributed by atoms with Crippen molar-refractivity contribution >= 4 is 29.2 Å². The van der Waals surface area contributed by atoms with Gasteiger partial charge < -0.3 is 25.1 Å². The highest BCUT2D eigenvalue weighted by Crippen LogP contribution is 2.51. The Labute approximate surface area is 230 Å². The molecule has 2 aromatic carbocycles. The highest BCUT2D eigenvalue weighted by molar-refractivity contribution is 6.32. The first-order valence-corrected chi connectivity index (χ1v) is 13.1. The van der Waals surface area contributed by atoms with Crippen LogP contribution in [-0.2, 0) is 16.6 Å². The predicted octanol–water partition coefficient (Wildman–Crippen LogP) is 4.05. The van der Waals surface area contributed by atoms with Crippen LogP contribution in [0.1, 0.15) is 42.5 Å². The van der Waals surface area contributed by atoms with Gasteiger partial charge in [-0.15, -0.1) is 0 Å². The molecule has 0 spiro atoms. The summed E-state index contributed by atoms with van der Waals surface area (Å²) in [6.45, 7) is 6.12. The van der Waals surface area contributed by atoms with E-state index in [4.69, 9.17) is 11.6 Å². The summed E-state index contributed by atoms with van der Waals surface area (Å²) in [7, 11) is 1.63. The van der Waals surface area contributed by atoms with Gasteiger partial charge in [0.05, 0.1) is 17.3 Å². The van der Waals surface area contributed by atoms with Gasteiger partial charge in [-0.3, -0.25) is 4.79 Å². The van der Waals surface area contributed by atoms with Crippen LogP contribution in [0.3, 0.4) is 0 Å². The summed E-state index contributed by atoms with van der Waals surface area (Å²) in [5.74, 6) is 4.75. The molecule has 2 atom stereocenters. The SMILES string of the molecule is CCN(CC)CCN1C(=O)C(O)(c2ccccc2Cl)c2c1cc(C#CCC1CNC(=O)N1C)cc2C(F)(F)F. The average Bonchev–Trinajstić information content (AvgIpc) is 3.32. The van der Waals surface area contributed by atoms with Crippen molar-refractivity contribution in [1.82, 2.24) is 15.1 Å². The average molecular weight is 563 g/mol. The minimum absolute atomic E-state index is 0.0225. The lowest BCUT2D eigenvalue weighted by atomic mass is 9.83. The summed E-state index contributed by atoms with van der Waals surface area (Å²) >= 11 is 6.32. The van der Waals surface area contributed by atoms with E-state index in [-0.39, 0.29) is 46.9 Å². The van der Waals surface area contributed by atoms with E-state index < -0.39 is 28.8 Å². The van der Waals surface area contributed by atoms with Crippen molar-refractivity contribution < 1.29 is 27.9 Å². The Hall–Kier alpha value is -3.26. The second-order valence-corrected chi connectivity index (χ2v) is 9.95. The Morgan fingerprint density at radius 3 is 2.49 bits per heavy atom. The van der Waals surface area contributed by atoms with Crippen LogP contribution in [0, 0.1) is 11.8 Å². The number of carbonyl (C=O) groups excluding carboxylic acids is 2. The minimum Gasteiger partial charge on any atom is -0.372 e. The number of likely N-dealkylation sites (N-methyl/N-ethyl adjacent to an activating group) is 2. The smallest absolute Gasteiger partial charge is 0.372 e. The number of nitrogens with zero attached hydrogens (tertiary/aromatic N) is 3. The number of rotatable bonds is 7. The number of hydrogen-bond donors (Lipinski definition) is 2. The molecule has 39 heavy (non-hydrogen) atoms. The Kier molecular flexibility index (Phi) is 8.17. The third kappa shape index (κ3) is 5.31. The van der Waals surface area contributed by atoms with Crippen LogP contribution < -0.4 is 10.2 Å². The predicted molar refractivity (Wildman–Crippen MR) is 142 cm³/mol. The van der Waals surface area contributed by atoms with Crippen molar-refractivity contribution in [2.45, 2.75) is 38.1 Å². The van der Waals surface area contributed by atoms with Gasteiger partial charge in [0.1, 0.15) is 0 Å². The number of fused-ring (bicyclic) bond motifs is 1. The molecule has 7 nitrogen and oxygen atoms in total. The van der Waals surface area contributed by atoms with E-state index in [1.165, 1.54) is 34.1 Å². The van der Waals surface area contributed by atoms with Crippen molar-refractivity contribution in [3.8, 4) is 11.8 Å². The Balaban J connectivity index is 1.86. The molecule has 4 rings (SSSR count). The van der Waals surface area contributed by atoms with Crippen LogP contribution in [0.2, 0.25) is 5.02 Å². The Morgan fingerprint density at radius 2 is 1.90 bits per heavy atom. The molecule has 1 saturated heterocycles. The molecule has 2 aliphatic heterocycles. The number of hydrogen-bond acceptors (Lipinski definition) is 4. The second kappa shape index (κ2) is 11.1. The van der Waals surface area contributed by atoms with Gasteiger partial charge in [0, 0.05) is 54.8 Å². The fourth-order valence-electron chi connectivity index (χ4n) is 5.05. The molecule has 2 aromatic rings. The molecule has 2 aliphatic rings. The number of nitrogens with one attached hydrogen (secondary N) is 1. The summed E-state index contributed by atoms with van der Waals surface area (Å²) in [6.07, 6.45) is -4.64. The zero-order chi connectivity index (χ0) is 28.5. The molecule has 3 amide bonds. The summed E-state index contributed by atoms with van der Waals surface area (Å²) in [5, 5.41) is 14.5. The summed E-state index contributed by atoms with van der Waals surface area (Å²) < 4.78 is 43.6. The van der Waals surface area contributed by atoms with E-state index >= 15 is 0 Å².